The molecule has 1 saturated heterocycles. The minimum atomic E-state index is -1.14. The molecule has 7 heteroatoms. The van der Waals surface area contributed by atoms with Crippen molar-refractivity contribution in [3.63, 3.8) is 0 Å². The van der Waals surface area contributed by atoms with E-state index in [9.17, 15) is 20.0 Å². The molecule has 7 nitrogen and oxygen atoms in total. The lowest BCUT2D eigenvalue weighted by molar-refractivity contribution is -0.384. The van der Waals surface area contributed by atoms with Crippen LogP contribution in [0.25, 0.3) is 0 Å². The molecular formula is C14H15N3O4. The van der Waals surface area contributed by atoms with Crippen LogP contribution in [0.15, 0.2) is 18.2 Å². The van der Waals surface area contributed by atoms with Crippen LogP contribution in [0.1, 0.15) is 31.7 Å². The van der Waals surface area contributed by atoms with E-state index in [0.29, 0.717) is 25.8 Å². The molecule has 1 aliphatic rings. The Bertz CT molecular complexity index is 638. The van der Waals surface area contributed by atoms with Gasteiger partial charge in [-0.05, 0) is 31.4 Å². The fraction of sp³-hybridized carbons (Fsp3) is 0.429. The molecule has 0 aromatic heterocycles. The normalized spacial score (nSPS) is 21.0. The SMILES string of the molecule is CCC1(C(=O)O)CCCN1c1cc(C#N)ccc1[N+](=O)[O-]. The van der Waals surface area contributed by atoms with Crippen molar-refractivity contribution < 1.29 is 14.8 Å². The zero-order valence-electron chi connectivity index (χ0n) is 11.6. The number of carbonyl (C=O) groups is 1. The van der Waals surface area contributed by atoms with Gasteiger partial charge in [0.1, 0.15) is 11.2 Å². The third-order valence-corrected chi connectivity index (χ3v) is 4.06. The quantitative estimate of drug-likeness (QED) is 0.673. The second kappa shape index (κ2) is 5.40. The molecule has 110 valence electrons. The molecule has 0 amide bonds. The summed E-state index contributed by atoms with van der Waals surface area (Å²) in [6.45, 7) is 2.18. The van der Waals surface area contributed by atoms with Crippen LogP contribution in [0.5, 0.6) is 0 Å². The predicted octanol–water partition coefficient (Wildman–Crippen LogP) is 2.30. The first-order chi connectivity index (χ1) is 9.96. The van der Waals surface area contributed by atoms with Gasteiger partial charge in [0.25, 0.3) is 5.69 Å². The number of aliphatic carboxylic acids is 1. The Morgan fingerprint density at radius 2 is 2.33 bits per heavy atom. The van der Waals surface area contributed by atoms with Crippen molar-refractivity contribution >= 4 is 17.3 Å². The number of nitrogens with zero attached hydrogens (tertiary/aromatic N) is 3. The molecule has 1 fully saturated rings. The van der Waals surface area contributed by atoms with Crippen LogP contribution >= 0.6 is 0 Å². The van der Waals surface area contributed by atoms with Gasteiger partial charge in [0.05, 0.1) is 16.6 Å². The molecular weight excluding hydrogens is 274 g/mol. The zero-order chi connectivity index (χ0) is 15.6. The van der Waals surface area contributed by atoms with Crippen LogP contribution in [0.3, 0.4) is 0 Å². The summed E-state index contributed by atoms with van der Waals surface area (Å²) < 4.78 is 0. The Labute approximate surface area is 121 Å². The molecule has 2 rings (SSSR count). The molecule has 0 saturated carbocycles. The van der Waals surface area contributed by atoms with E-state index in [0.717, 1.165) is 0 Å². The molecule has 21 heavy (non-hydrogen) atoms. The summed E-state index contributed by atoms with van der Waals surface area (Å²) in [4.78, 5) is 23.9. The molecule has 0 spiro atoms. The maximum Gasteiger partial charge on any atom is 0.329 e. The zero-order valence-corrected chi connectivity index (χ0v) is 11.6. The summed E-state index contributed by atoms with van der Waals surface area (Å²) in [7, 11) is 0. The van der Waals surface area contributed by atoms with Gasteiger partial charge in [-0.15, -0.1) is 0 Å². The van der Waals surface area contributed by atoms with Gasteiger partial charge in [0, 0.05) is 12.6 Å². The topological polar surface area (TPSA) is 107 Å². The first-order valence-electron chi connectivity index (χ1n) is 6.66. The molecule has 1 aromatic carbocycles. The van der Waals surface area contributed by atoms with Crippen LogP contribution < -0.4 is 4.90 Å². The summed E-state index contributed by atoms with van der Waals surface area (Å²) in [6.07, 6.45) is 1.43. The number of carboxylic acids is 1. The predicted molar refractivity (Wildman–Crippen MR) is 75.0 cm³/mol. The van der Waals surface area contributed by atoms with Gasteiger partial charge in [-0.3, -0.25) is 10.1 Å². The first-order valence-corrected chi connectivity index (χ1v) is 6.66. The van der Waals surface area contributed by atoms with E-state index in [1.54, 1.807) is 11.8 Å². The number of anilines is 1. The van der Waals surface area contributed by atoms with E-state index in [1.807, 2.05) is 6.07 Å². The third kappa shape index (κ3) is 2.29. The summed E-state index contributed by atoms with van der Waals surface area (Å²) in [5.74, 6) is -0.987. The second-order valence-corrected chi connectivity index (χ2v) is 5.02. The van der Waals surface area contributed by atoms with Crippen molar-refractivity contribution in [2.45, 2.75) is 31.7 Å². The van der Waals surface area contributed by atoms with E-state index >= 15 is 0 Å². The highest BCUT2D eigenvalue weighted by molar-refractivity contribution is 5.86. The largest absolute Gasteiger partial charge is 0.479 e. The van der Waals surface area contributed by atoms with E-state index < -0.39 is 16.4 Å². The van der Waals surface area contributed by atoms with Crippen molar-refractivity contribution in [2.24, 2.45) is 0 Å². The van der Waals surface area contributed by atoms with Crippen molar-refractivity contribution in [1.29, 1.82) is 5.26 Å². The third-order valence-electron chi connectivity index (χ3n) is 4.06. The number of nitro benzene ring substituents is 1. The van der Waals surface area contributed by atoms with Gasteiger partial charge in [-0.25, -0.2) is 4.79 Å². The number of rotatable bonds is 4. The van der Waals surface area contributed by atoms with Crippen molar-refractivity contribution in [3.8, 4) is 6.07 Å². The Hall–Kier alpha value is -2.62. The standard InChI is InChI=1S/C14H15N3O4/c1-2-14(13(18)19)6-3-7-16(14)12-8-10(9-15)4-5-11(12)17(20)21/h4-5,8H,2-3,6-7H2,1H3,(H,18,19). The van der Waals surface area contributed by atoms with Crippen LogP contribution in [-0.4, -0.2) is 28.1 Å². The average molecular weight is 289 g/mol. The summed E-state index contributed by atoms with van der Waals surface area (Å²) in [6, 6.07) is 5.96. The number of nitro groups is 1. The smallest absolute Gasteiger partial charge is 0.329 e. The number of hydrogen-bond acceptors (Lipinski definition) is 5. The Morgan fingerprint density at radius 3 is 2.86 bits per heavy atom. The van der Waals surface area contributed by atoms with Gasteiger partial charge in [-0.2, -0.15) is 5.26 Å². The number of hydrogen-bond donors (Lipinski definition) is 1. The van der Waals surface area contributed by atoms with E-state index in [1.165, 1.54) is 18.2 Å². The molecule has 1 atom stereocenters. The van der Waals surface area contributed by atoms with E-state index in [-0.39, 0.29) is 16.9 Å². The lowest BCUT2D eigenvalue weighted by Crippen LogP contribution is -2.50. The molecule has 0 radical (unpaired) electrons. The first kappa shape index (κ1) is 14.8. The van der Waals surface area contributed by atoms with Crippen LogP contribution in [0, 0.1) is 21.4 Å². The minimum absolute atomic E-state index is 0.171. The van der Waals surface area contributed by atoms with Crippen LogP contribution in [0.2, 0.25) is 0 Å². The maximum atomic E-state index is 11.7. The van der Waals surface area contributed by atoms with Gasteiger partial charge in [0.15, 0.2) is 0 Å². The molecule has 1 aromatic rings. The van der Waals surface area contributed by atoms with Crippen molar-refractivity contribution in [2.75, 3.05) is 11.4 Å². The Morgan fingerprint density at radius 1 is 1.62 bits per heavy atom. The highest BCUT2D eigenvalue weighted by Gasteiger charge is 2.48. The molecule has 1 unspecified atom stereocenters. The highest BCUT2D eigenvalue weighted by Crippen LogP contribution is 2.41. The number of nitriles is 1. The molecule has 0 aliphatic carbocycles. The van der Waals surface area contributed by atoms with Gasteiger partial charge in [-0.1, -0.05) is 6.92 Å². The fourth-order valence-corrected chi connectivity index (χ4v) is 2.93. The number of benzene rings is 1. The minimum Gasteiger partial charge on any atom is -0.479 e. The van der Waals surface area contributed by atoms with Crippen molar-refractivity contribution in [1.82, 2.24) is 0 Å². The van der Waals surface area contributed by atoms with E-state index in [2.05, 4.69) is 0 Å². The highest BCUT2D eigenvalue weighted by atomic mass is 16.6. The average Bonchev–Trinajstić information content (AvgIpc) is 2.91. The molecule has 1 aliphatic heterocycles. The van der Waals surface area contributed by atoms with Crippen LogP contribution in [0.4, 0.5) is 11.4 Å². The lowest BCUT2D eigenvalue weighted by atomic mass is 9.92. The summed E-state index contributed by atoms with van der Waals surface area (Å²) >= 11 is 0. The summed E-state index contributed by atoms with van der Waals surface area (Å²) in [5, 5.41) is 29.7. The maximum absolute atomic E-state index is 11.7. The van der Waals surface area contributed by atoms with E-state index in [4.69, 9.17) is 5.26 Å². The Kier molecular flexibility index (Phi) is 3.80. The van der Waals surface area contributed by atoms with Gasteiger partial charge < -0.3 is 10.0 Å². The number of carboxylic acid groups (broad SMARTS) is 1. The summed E-state index contributed by atoms with van der Waals surface area (Å²) in [5.41, 5.74) is -0.826. The van der Waals surface area contributed by atoms with Crippen molar-refractivity contribution in [3.05, 3.63) is 33.9 Å². The lowest BCUT2D eigenvalue weighted by Gasteiger charge is -2.35. The monoisotopic (exact) mass is 289 g/mol. The second-order valence-electron chi connectivity index (χ2n) is 5.02. The Balaban J connectivity index is 2.61. The fourth-order valence-electron chi connectivity index (χ4n) is 2.93. The van der Waals surface area contributed by atoms with Gasteiger partial charge in [0.2, 0.25) is 0 Å². The molecule has 1 heterocycles. The van der Waals surface area contributed by atoms with Gasteiger partial charge >= 0.3 is 5.97 Å². The van der Waals surface area contributed by atoms with Crippen LogP contribution in [-0.2, 0) is 4.79 Å². The molecule has 0 bridgehead atoms. The molecule has 1 N–H and O–H groups in total.